The van der Waals surface area contributed by atoms with Crippen molar-refractivity contribution in [1.29, 1.82) is 0 Å². The number of aliphatic imine (C=N–C) groups is 1. The lowest BCUT2D eigenvalue weighted by Gasteiger charge is -2.28. The number of nitrogens with zero attached hydrogens (tertiary/aromatic N) is 3. The fraction of sp³-hybridized carbons (Fsp3) is 0.520. The number of carboxylic acids is 1. The molecule has 0 bridgehead atoms. The van der Waals surface area contributed by atoms with Gasteiger partial charge in [-0.15, -0.1) is 0 Å². The highest BCUT2D eigenvalue weighted by molar-refractivity contribution is 6.00. The quantitative estimate of drug-likeness (QED) is 0.0623. The van der Waals surface area contributed by atoms with Crippen molar-refractivity contribution < 1.29 is 38.7 Å². The number of aliphatic carboxylic acids is 1. The predicted octanol–water partition coefficient (Wildman–Crippen LogP) is -0.559. The molecule has 0 aromatic heterocycles. The Morgan fingerprint density at radius 3 is 2.55 bits per heavy atom. The number of anilines is 1. The minimum atomic E-state index is -1.03. The van der Waals surface area contributed by atoms with Gasteiger partial charge in [-0.2, -0.15) is 0 Å². The summed E-state index contributed by atoms with van der Waals surface area (Å²) < 4.78 is 5.17. The molecule has 4 amide bonds. The van der Waals surface area contributed by atoms with Gasteiger partial charge in [-0.25, -0.2) is 0 Å². The topological polar surface area (TPSA) is 262 Å². The van der Waals surface area contributed by atoms with E-state index in [1.807, 2.05) is 0 Å². The number of nitrogens with one attached hydrogen (secondary N) is 3. The van der Waals surface area contributed by atoms with Crippen molar-refractivity contribution in [3.05, 3.63) is 28.3 Å². The normalized spacial score (nSPS) is 18.0. The molecule has 1 aromatic carbocycles. The zero-order chi connectivity index (χ0) is 31.4. The molecule has 0 spiro atoms. The van der Waals surface area contributed by atoms with Gasteiger partial charge in [-0.05, 0) is 38.2 Å². The molecular formula is C25H36N8O9. The van der Waals surface area contributed by atoms with Crippen LogP contribution in [-0.4, -0.2) is 88.8 Å². The predicted molar refractivity (Wildman–Crippen MR) is 149 cm³/mol. The van der Waals surface area contributed by atoms with E-state index in [0.29, 0.717) is 32.2 Å². The second-order valence-electron chi connectivity index (χ2n) is 9.51. The smallest absolute Gasteiger partial charge is 0.300 e. The maximum absolute atomic E-state index is 13.3. The van der Waals surface area contributed by atoms with E-state index < -0.39 is 40.8 Å². The summed E-state index contributed by atoms with van der Waals surface area (Å²) in [7, 11) is 1.31. The fourth-order valence-corrected chi connectivity index (χ4v) is 4.46. The van der Waals surface area contributed by atoms with Gasteiger partial charge in [0.25, 0.3) is 11.7 Å². The Hall–Kier alpha value is -4.96. The van der Waals surface area contributed by atoms with Crippen molar-refractivity contribution in [2.75, 3.05) is 25.5 Å². The minimum Gasteiger partial charge on any atom is -0.494 e. The third kappa shape index (κ3) is 9.90. The lowest BCUT2D eigenvalue weighted by atomic mass is 10.1. The van der Waals surface area contributed by atoms with Gasteiger partial charge in [0.1, 0.15) is 23.9 Å². The number of hydrogen-bond acceptors (Lipinski definition) is 9. The molecule has 2 fully saturated rings. The van der Waals surface area contributed by atoms with E-state index in [1.54, 1.807) is 0 Å². The molecule has 1 aromatic rings. The summed E-state index contributed by atoms with van der Waals surface area (Å²) in [6.45, 7) is 1.67. The molecule has 230 valence electrons. The summed E-state index contributed by atoms with van der Waals surface area (Å²) in [6.07, 6.45) is 2.17. The average Bonchev–Trinajstić information content (AvgIpc) is 3.59. The van der Waals surface area contributed by atoms with Gasteiger partial charge >= 0.3 is 0 Å². The molecule has 2 aliphatic heterocycles. The number of hydrogen-bond donors (Lipinski definition) is 6. The first-order valence-electron chi connectivity index (χ1n) is 13.1. The summed E-state index contributed by atoms with van der Waals surface area (Å²) in [5.74, 6) is -2.48. The van der Waals surface area contributed by atoms with Gasteiger partial charge < -0.3 is 42.2 Å². The van der Waals surface area contributed by atoms with E-state index in [1.165, 1.54) is 30.2 Å². The van der Waals surface area contributed by atoms with Crippen molar-refractivity contribution in [2.45, 2.75) is 63.6 Å². The number of carboxylic acid groups (broad SMARTS) is 1. The molecule has 42 heavy (non-hydrogen) atoms. The third-order valence-electron chi connectivity index (χ3n) is 6.36. The van der Waals surface area contributed by atoms with Crippen molar-refractivity contribution >= 4 is 46.9 Å². The van der Waals surface area contributed by atoms with Crippen LogP contribution in [0, 0.1) is 10.1 Å². The van der Waals surface area contributed by atoms with Gasteiger partial charge in [-0.1, -0.05) is 0 Å². The number of benzene rings is 1. The van der Waals surface area contributed by atoms with E-state index in [4.69, 9.17) is 26.1 Å². The van der Waals surface area contributed by atoms with Gasteiger partial charge in [0, 0.05) is 32.5 Å². The third-order valence-corrected chi connectivity index (χ3v) is 6.36. The van der Waals surface area contributed by atoms with Crippen LogP contribution in [0.4, 0.5) is 11.4 Å². The standard InChI is InChI=1S/C23H32N8O7.C2H4O2/c1-38-18-12-13(31(36)37)6-7-14(18)28-20(33)15(4-2-10-26-23(24)25)29-21(34)17-5-3-11-30(17)22(35)16-8-9-19(32)27-16;1-2(3)4/h6-7,12,15-17H,2-5,8-11H2,1H3,(H,27,32)(H,28,33)(H,29,34)(H4,24,25,26);1H3,(H,3,4). The number of nitro groups is 1. The lowest BCUT2D eigenvalue weighted by Crippen LogP contribution is -2.54. The first-order valence-corrected chi connectivity index (χ1v) is 13.1. The molecule has 0 saturated carbocycles. The van der Waals surface area contributed by atoms with E-state index in [9.17, 15) is 29.3 Å². The van der Waals surface area contributed by atoms with Crippen LogP contribution in [0.5, 0.6) is 5.75 Å². The Morgan fingerprint density at radius 1 is 1.29 bits per heavy atom. The second-order valence-corrected chi connectivity index (χ2v) is 9.51. The summed E-state index contributed by atoms with van der Waals surface area (Å²) in [5.41, 5.74) is 10.7. The first kappa shape index (κ1) is 33.2. The number of non-ortho nitro benzene ring substituents is 1. The Balaban J connectivity index is 0.00000144. The molecule has 2 aliphatic rings. The second kappa shape index (κ2) is 15.7. The van der Waals surface area contributed by atoms with Crippen LogP contribution < -0.4 is 32.2 Å². The van der Waals surface area contributed by atoms with Crippen molar-refractivity contribution in [3.63, 3.8) is 0 Å². The largest absolute Gasteiger partial charge is 0.494 e. The summed E-state index contributed by atoms with van der Waals surface area (Å²) in [5, 5.41) is 26.5. The Morgan fingerprint density at radius 2 is 1.98 bits per heavy atom. The highest BCUT2D eigenvalue weighted by Gasteiger charge is 2.40. The number of rotatable bonds is 11. The van der Waals surface area contributed by atoms with E-state index >= 15 is 0 Å². The Kier molecular flexibility index (Phi) is 12.5. The van der Waals surface area contributed by atoms with Crippen LogP contribution in [0.1, 0.15) is 45.4 Å². The summed E-state index contributed by atoms with van der Waals surface area (Å²) >= 11 is 0. The highest BCUT2D eigenvalue weighted by Crippen LogP contribution is 2.29. The average molecular weight is 593 g/mol. The van der Waals surface area contributed by atoms with Crippen LogP contribution in [0.25, 0.3) is 0 Å². The van der Waals surface area contributed by atoms with Gasteiger partial charge in [0.05, 0.1) is 23.8 Å². The summed E-state index contributed by atoms with van der Waals surface area (Å²) in [4.78, 5) is 75.8. The number of nitro benzene ring substituents is 1. The lowest BCUT2D eigenvalue weighted by molar-refractivity contribution is -0.384. The Labute approximate surface area is 241 Å². The zero-order valence-corrected chi connectivity index (χ0v) is 23.3. The van der Waals surface area contributed by atoms with Gasteiger partial charge in [-0.3, -0.25) is 39.1 Å². The van der Waals surface area contributed by atoms with Crippen LogP contribution in [0.2, 0.25) is 0 Å². The molecule has 3 rings (SSSR count). The van der Waals surface area contributed by atoms with Crippen LogP contribution in [0.15, 0.2) is 23.2 Å². The monoisotopic (exact) mass is 592 g/mol. The zero-order valence-electron chi connectivity index (χ0n) is 23.3. The number of methoxy groups -OCH3 is 1. The van der Waals surface area contributed by atoms with E-state index in [0.717, 1.165) is 6.92 Å². The molecule has 2 saturated heterocycles. The molecule has 0 radical (unpaired) electrons. The number of carbonyl (C=O) groups is 5. The van der Waals surface area contributed by atoms with E-state index in [2.05, 4.69) is 20.9 Å². The first-order chi connectivity index (χ1) is 19.8. The number of amides is 4. The maximum Gasteiger partial charge on any atom is 0.300 e. The fourth-order valence-electron chi connectivity index (χ4n) is 4.46. The molecule has 17 heteroatoms. The molecule has 0 aliphatic carbocycles. The maximum atomic E-state index is 13.3. The minimum absolute atomic E-state index is 0.0734. The van der Waals surface area contributed by atoms with Crippen LogP contribution >= 0.6 is 0 Å². The SMILES string of the molecule is CC(=O)O.COc1cc([N+](=O)[O-])ccc1NC(=O)C(CCCN=C(N)N)NC(=O)C1CCCN1C(=O)C1CCC(=O)N1. The van der Waals surface area contributed by atoms with Crippen LogP contribution in [0.3, 0.4) is 0 Å². The van der Waals surface area contributed by atoms with Gasteiger partial charge in [0.15, 0.2) is 5.96 Å². The number of guanidine groups is 1. The molecule has 3 unspecified atom stereocenters. The van der Waals surface area contributed by atoms with Crippen molar-refractivity contribution in [3.8, 4) is 5.75 Å². The number of ether oxygens (including phenoxy) is 1. The van der Waals surface area contributed by atoms with Crippen LogP contribution in [-0.2, 0) is 24.0 Å². The molecular weight excluding hydrogens is 556 g/mol. The molecule has 2 heterocycles. The van der Waals surface area contributed by atoms with Gasteiger partial charge in [0.2, 0.25) is 23.6 Å². The number of carbonyl (C=O) groups excluding carboxylic acids is 4. The van der Waals surface area contributed by atoms with Crippen molar-refractivity contribution in [1.82, 2.24) is 15.5 Å². The molecule has 8 N–H and O–H groups in total. The highest BCUT2D eigenvalue weighted by atomic mass is 16.6. The number of likely N-dealkylation sites (tertiary alicyclic amines) is 1. The molecule has 3 atom stereocenters. The number of nitrogens with two attached hydrogens (primary N) is 2. The summed E-state index contributed by atoms with van der Waals surface area (Å²) in [6, 6.07) is 1.24. The van der Waals surface area contributed by atoms with Crippen molar-refractivity contribution in [2.24, 2.45) is 16.5 Å². The molecule has 17 nitrogen and oxygen atoms in total. The Bertz CT molecular complexity index is 1210. The van der Waals surface area contributed by atoms with E-state index in [-0.39, 0.29) is 54.3 Å².